The minimum Gasteiger partial charge on any atom is -0.329 e. The molecular formula is C12H19N5O2S2. The standard InChI is InChI=1S/C12H19N5O2S2/c1-8-11(10(3)17(15-8)6-4-13)21(18,19)16-9(2)12-14-5-7-20-12/h5,7,9,16H,4,6,13H2,1-3H3. The van der Waals surface area contributed by atoms with Crippen molar-refractivity contribution in [3.63, 3.8) is 0 Å². The summed E-state index contributed by atoms with van der Waals surface area (Å²) in [5.41, 5.74) is 6.58. The van der Waals surface area contributed by atoms with E-state index in [1.165, 1.54) is 11.3 Å². The lowest BCUT2D eigenvalue weighted by atomic mass is 10.4. The summed E-state index contributed by atoms with van der Waals surface area (Å²) >= 11 is 1.41. The lowest BCUT2D eigenvalue weighted by molar-refractivity contribution is 0.563. The van der Waals surface area contributed by atoms with Gasteiger partial charge in [0.2, 0.25) is 10.0 Å². The fraction of sp³-hybridized carbons (Fsp3) is 0.500. The first-order valence-corrected chi connectivity index (χ1v) is 8.89. The summed E-state index contributed by atoms with van der Waals surface area (Å²) < 4.78 is 29.4. The Morgan fingerprint density at radius 2 is 2.19 bits per heavy atom. The zero-order valence-corrected chi connectivity index (χ0v) is 13.8. The molecule has 9 heteroatoms. The summed E-state index contributed by atoms with van der Waals surface area (Å²) in [6.07, 6.45) is 1.65. The van der Waals surface area contributed by atoms with Gasteiger partial charge >= 0.3 is 0 Å². The number of aryl methyl sites for hydroxylation is 1. The van der Waals surface area contributed by atoms with E-state index >= 15 is 0 Å². The molecule has 0 aliphatic rings. The molecular weight excluding hydrogens is 310 g/mol. The van der Waals surface area contributed by atoms with Crippen molar-refractivity contribution in [3.05, 3.63) is 28.0 Å². The van der Waals surface area contributed by atoms with E-state index in [1.54, 1.807) is 31.6 Å². The van der Waals surface area contributed by atoms with E-state index in [9.17, 15) is 8.42 Å². The van der Waals surface area contributed by atoms with Crippen LogP contribution in [0.5, 0.6) is 0 Å². The summed E-state index contributed by atoms with van der Waals surface area (Å²) in [5.74, 6) is 0. The predicted octanol–water partition coefficient (Wildman–Crippen LogP) is 0.955. The molecule has 2 rings (SSSR count). The summed E-state index contributed by atoms with van der Waals surface area (Å²) in [4.78, 5) is 4.35. The molecule has 2 aromatic heterocycles. The van der Waals surface area contributed by atoms with Crippen molar-refractivity contribution in [2.45, 2.75) is 38.3 Å². The molecule has 1 atom stereocenters. The van der Waals surface area contributed by atoms with Crippen molar-refractivity contribution in [2.75, 3.05) is 6.54 Å². The molecule has 0 aliphatic heterocycles. The number of aromatic nitrogens is 3. The summed E-state index contributed by atoms with van der Waals surface area (Å²) in [6.45, 7) is 6.08. The van der Waals surface area contributed by atoms with Crippen molar-refractivity contribution in [1.29, 1.82) is 0 Å². The van der Waals surface area contributed by atoms with Gasteiger partial charge in [0.1, 0.15) is 9.90 Å². The van der Waals surface area contributed by atoms with Crippen LogP contribution in [-0.4, -0.2) is 29.7 Å². The Hall–Kier alpha value is -1.29. The fourth-order valence-corrected chi connectivity index (χ4v) is 4.54. The first-order chi connectivity index (χ1) is 9.86. The third kappa shape index (κ3) is 3.31. The number of sulfonamides is 1. The number of hydrogen-bond donors (Lipinski definition) is 2. The molecule has 0 spiro atoms. The van der Waals surface area contributed by atoms with Crippen LogP contribution >= 0.6 is 11.3 Å². The Kier molecular flexibility index (Phi) is 4.77. The average Bonchev–Trinajstić information content (AvgIpc) is 2.98. The third-order valence-electron chi connectivity index (χ3n) is 3.08. The Bertz CT molecular complexity index is 706. The van der Waals surface area contributed by atoms with Crippen LogP contribution in [-0.2, 0) is 16.6 Å². The molecule has 0 saturated heterocycles. The Morgan fingerprint density at radius 1 is 1.48 bits per heavy atom. The van der Waals surface area contributed by atoms with Gasteiger partial charge in [-0.05, 0) is 20.8 Å². The largest absolute Gasteiger partial charge is 0.329 e. The van der Waals surface area contributed by atoms with E-state index < -0.39 is 10.0 Å². The Morgan fingerprint density at radius 3 is 2.76 bits per heavy atom. The highest BCUT2D eigenvalue weighted by molar-refractivity contribution is 7.89. The molecule has 2 heterocycles. The van der Waals surface area contributed by atoms with Crippen LogP contribution in [0.1, 0.15) is 29.4 Å². The van der Waals surface area contributed by atoms with Gasteiger partial charge in [-0.3, -0.25) is 4.68 Å². The highest BCUT2D eigenvalue weighted by Gasteiger charge is 2.27. The Balaban J connectivity index is 2.32. The first kappa shape index (κ1) is 16.1. The SMILES string of the molecule is Cc1nn(CCN)c(C)c1S(=O)(=O)NC(C)c1nccs1. The Labute approximate surface area is 128 Å². The van der Waals surface area contributed by atoms with Gasteiger partial charge in [0.05, 0.1) is 24.0 Å². The van der Waals surface area contributed by atoms with Gasteiger partial charge in [-0.1, -0.05) is 0 Å². The van der Waals surface area contributed by atoms with Crippen LogP contribution < -0.4 is 10.5 Å². The smallest absolute Gasteiger partial charge is 0.244 e. The highest BCUT2D eigenvalue weighted by atomic mass is 32.2. The summed E-state index contributed by atoms with van der Waals surface area (Å²) in [6, 6.07) is -0.383. The van der Waals surface area contributed by atoms with Crippen LogP contribution in [0, 0.1) is 13.8 Å². The molecule has 0 radical (unpaired) electrons. The lowest BCUT2D eigenvalue weighted by Gasteiger charge is -2.12. The van der Waals surface area contributed by atoms with Crippen molar-refractivity contribution >= 4 is 21.4 Å². The van der Waals surface area contributed by atoms with Crippen LogP contribution in [0.25, 0.3) is 0 Å². The number of thiazole rings is 1. The molecule has 0 aromatic carbocycles. The number of rotatable bonds is 6. The number of nitrogens with zero attached hydrogens (tertiary/aromatic N) is 3. The summed E-state index contributed by atoms with van der Waals surface area (Å²) in [7, 11) is -3.65. The van der Waals surface area contributed by atoms with Gasteiger partial charge in [-0.25, -0.2) is 18.1 Å². The molecule has 116 valence electrons. The molecule has 0 fully saturated rings. The van der Waals surface area contributed by atoms with Crippen LogP contribution in [0.4, 0.5) is 0 Å². The van der Waals surface area contributed by atoms with Gasteiger partial charge in [-0.2, -0.15) is 5.10 Å². The minimum absolute atomic E-state index is 0.222. The van der Waals surface area contributed by atoms with E-state index in [0.717, 1.165) is 5.01 Å². The molecule has 0 aliphatic carbocycles. The van der Waals surface area contributed by atoms with Crippen molar-refractivity contribution in [2.24, 2.45) is 5.73 Å². The number of nitrogens with two attached hydrogens (primary N) is 1. The third-order valence-corrected chi connectivity index (χ3v) is 5.83. The van der Waals surface area contributed by atoms with Crippen LogP contribution in [0.2, 0.25) is 0 Å². The second kappa shape index (κ2) is 6.22. The van der Waals surface area contributed by atoms with Gasteiger partial charge in [0.25, 0.3) is 0 Å². The zero-order chi connectivity index (χ0) is 15.6. The van der Waals surface area contributed by atoms with Crippen molar-refractivity contribution in [1.82, 2.24) is 19.5 Å². The molecule has 0 amide bonds. The fourth-order valence-electron chi connectivity index (χ4n) is 2.20. The lowest BCUT2D eigenvalue weighted by Crippen LogP contribution is -2.27. The molecule has 21 heavy (non-hydrogen) atoms. The van der Waals surface area contributed by atoms with E-state index in [-0.39, 0.29) is 10.9 Å². The zero-order valence-electron chi connectivity index (χ0n) is 12.2. The maximum atomic E-state index is 12.6. The van der Waals surface area contributed by atoms with E-state index in [1.807, 2.05) is 5.38 Å². The molecule has 0 saturated carbocycles. The first-order valence-electron chi connectivity index (χ1n) is 6.52. The van der Waals surface area contributed by atoms with Gasteiger partial charge < -0.3 is 5.73 Å². The second-order valence-corrected chi connectivity index (χ2v) is 7.30. The van der Waals surface area contributed by atoms with Crippen LogP contribution in [0.15, 0.2) is 16.5 Å². The molecule has 1 unspecified atom stereocenters. The monoisotopic (exact) mass is 329 g/mol. The van der Waals surface area contributed by atoms with Crippen molar-refractivity contribution < 1.29 is 8.42 Å². The van der Waals surface area contributed by atoms with E-state index in [0.29, 0.717) is 24.5 Å². The molecule has 0 bridgehead atoms. The predicted molar refractivity (Wildman–Crippen MR) is 81.6 cm³/mol. The highest BCUT2D eigenvalue weighted by Crippen LogP contribution is 2.23. The quantitative estimate of drug-likeness (QED) is 0.821. The van der Waals surface area contributed by atoms with E-state index in [4.69, 9.17) is 5.73 Å². The van der Waals surface area contributed by atoms with Gasteiger partial charge in [-0.15, -0.1) is 11.3 Å². The average molecular weight is 329 g/mol. The number of nitrogens with one attached hydrogen (secondary N) is 1. The van der Waals surface area contributed by atoms with Gasteiger partial charge in [0, 0.05) is 18.1 Å². The molecule has 7 nitrogen and oxygen atoms in total. The number of hydrogen-bond acceptors (Lipinski definition) is 6. The molecule has 2 aromatic rings. The summed E-state index contributed by atoms with van der Waals surface area (Å²) in [5, 5.41) is 6.78. The van der Waals surface area contributed by atoms with E-state index in [2.05, 4.69) is 14.8 Å². The topological polar surface area (TPSA) is 103 Å². The minimum atomic E-state index is -3.65. The van der Waals surface area contributed by atoms with Crippen molar-refractivity contribution in [3.8, 4) is 0 Å². The maximum Gasteiger partial charge on any atom is 0.244 e. The molecule has 3 N–H and O–H groups in total. The van der Waals surface area contributed by atoms with Crippen LogP contribution in [0.3, 0.4) is 0 Å². The maximum absolute atomic E-state index is 12.6. The normalized spacial score (nSPS) is 13.5. The second-order valence-electron chi connectivity index (χ2n) is 4.73. The van der Waals surface area contributed by atoms with Gasteiger partial charge in [0.15, 0.2) is 0 Å².